The summed E-state index contributed by atoms with van der Waals surface area (Å²) >= 11 is 6.06. The predicted molar refractivity (Wildman–Crippen MR) is 71.9 cm³/mol. The fourth-order valence-corrected chi connectivity index (χ4v) is 1.95. The van der Waals surface area contributed by atoms with Crippen molar-refractivity contribution in [1.29, 1.82) is 0 Å². The summed E-state index contributed by atoms with van der Waals surface area (Å²) in [5.41, 5.74) is 1.53. The maximum Gasteiger partial charge on any atom is 0.335 e. The van der Waals surface area contributed by atoms with Crippen LogP contribution in [0.2, 0.25) is 0 Å². The standard InChI is InChI=1S/C14H16ClNO2/c1-9(2)8-16-12-11(15)14(17)18-13(12)10-6-4-3-5-7-10/h3-7,9,11,16H,8H2,1-2H3. The highest BCUT2D eigenvalue weighted by atomic mass is 35.5. The van der Waals surface area contributed by atoms with E-state index in [1.165, 1.54) is 0 Å². The highest BCUT2D eigenvalue weighted by Gasteiger charge is 2.34. The van der Waals surface area contributed by atoms with E-state index in [9.17, 15) is 4.79 Å². The molecule has 0 radical (unpaired) electrons. The molecule has 0 aliphatic carbocycles. The van der Waals surface area contributed by atoms with Gasteiger partial charge in [0.25, 0.3) is 0 Å². The number of benzene rings is 1. The summed E-state index contributed by atoms with van der Waals surface area (Å²) in [6, 6.07) is 9.51. The molecule has 3 nitrogen and oxygen atoms in total. The van der Waals surface area contributed by atoms with Crippen LogP contribution in [0.1, 0.15) is 19.4 Å². The van der Waals surface area contributed by atoms with Crippen LogP contribution in [0.3, 0.4) is 0 Å². The number of ether oxygens (including phenoxy) is 1. The van der Waals surface area contributed by atoms with Gasteiger partial charge in [-0.05, 0) is 5.92 Å². The van der Waals surface area contributed by atoms with E-state index in [0.29, 0.717) is 17.4 Å². The Labute approximate surface area is 112 Å². The second kappa shape index (κ2) is 5.44. The Hall–Kier alpha value is -1.48. The van der Waals surface area contributed by atoms with Crippen LogP contribution in [0.15, 0.2) is 36.0 Å². The van der Waals surface area contributed by atoms with E-state index in [1.54, 1.807) is 0 Å². The highest BCUT2D eigenvalue weighted by Crippen LogP contribution is 2.30. The van der Waals surface area contributed by atoms with Crippen molar-refractivity contribution in [2.45, 2.75) is 19.2 Å². The molecule has 1 atom stereocenters. The minimum atomic E-state index is -0.737. The van der Waals surface area contributed by atoms with Crippen molar-refractivity contribution in [3.63, 3.8) is 0 Å². The van der Waals surface area contributed by atoms with Crippen molar-refractivity contribution in [2.75, 3.05) is 6.54 Å². The zero-order valence-electron chi connectivity index (χ0n) is 10.4. The van der Waals surface area contributed by atoms with Gasteiger partial charge in [0.1, 0.15) is 0 Å². The van der Waals surface area contributed by atoms with Crippen molar-refractivity contribution >= 4 is 23.3 Å². The lowest BCUT2D eigenvalue weighted by atomic mass is 10.1. The number of carbonyl (C=O) groups excluding carboxylic acids is 1. The smallest absolute Gasteiger partial charge is 0.335 e. The van der Waals surface area contributed by atoms with Crippen molar-refractivity contribution in [1.82, 2.24) is 5.32 Å². The molecule has 2 rings (SSSR count). The number of carbonyl (C=O) groups is 1. The average molecular weight is 266 g/mol. The number of hydrogen-bond acceptors (Lipinski definition) is 3. The van der Waals surface area contributed by atoms with E-state index in [2.05, 4.69) is 19.2 Å². The molecule has 0 fully saturated rings. The molecule has 1 aliphatic rings. The Morgan fingerprint density at radius 1 is 1.33 bits per heavy atom. The molecule has 0 spiro atoms. The van der Waals surface area contributed by atoms with Gasteiger partial charge >= 0.3 is 5.97 Å². The van der Waals surface area contributed by atoms with Gasteiger partial charge in [-0.15, -0.1) is 11.6 Å². The molecule has 0 saturated heterocycles. The number of nitrogens with one attached hydrogen (secondary N) is 1. The van der Waals surface area contributed by atoms with Crippen LogP contribution in [0.4, 0.5) is 0 Å². The zero-order chi connectivity index (χ0) is 13.1. The van der Waals surface area contributed by atoms with Gasteiger partial charge in [0.15, 0.2) is 11.1 Å². The second-order valence-electron chi connectivity index (χ2n) is 4.67. The van der Waals surface area contributed by atoms with E-state index in [1.807, 2.05) is 30.3 Å². The molecular weight excluding hydrogens is 250 g/mol. The lowest BCUT2D eigenvalue weighted by Crippen LogP contribution is -2.25. The third-order valence-corrected chi connectivity index (χ3v) is 3.04. The third kappa shape index (κ3) is 2.67. The normalized spacial score (nSPS) is 19.3. The summed E-state index contributed by atoms with van der Waals surface area (Å²) in [6.07, 6.45) is 0. The van der Waals surface area contributed by atoms with Crippen LogP contribution < -0.4 is 5.32 Å². The van der Waals surface area contributed by atoms with Crippen LogP contribution >= 0.6 is 11.6 Å². The monoisotopic (exact) mass is 265 g/mol. The van der Waals surface area contributed by atoms with Gasteiger partial charge in [0.05, 0.1) is 5.70 Å². The van der Waals surface area contributed by atoms with Gasteiger partial charge in [0, 0.05) is 12.1 Å². The summed E-state index contributed by atoms with van der Waals surface area (Å²) in [4.78, 5) is 11.6. The lowest BCUT2D eigenvalue weighted by Gasteiger charge is -2.12. The Balaban J connectivity index is 2.30. The van der Waals surface area contributed by atoms with Crippen LogP contribution in [-0.4, -0.2) is 17.9 Å². The van der Waals surface area contributed by atoms with Crippen molar-refractivity contribution < 1.29 is 9.53 Å². The molecule has 4 heteroatoms. The molecule has 1 unspecified atom stereocenters. The van der Waals surface area contributed by atoms with Crippen LogP contribution in [0.25, 0.3) is 5.76 Å². The molecule has 18 heavy (non-hydrogen) atoms. The molecule has 1 aromatic rings. The largest absolute Gasteiger partial charge is 0.423 e. The Morgan fingerprint density at radius 3 is 2.61 bits per heavy atom. The van der Waals surface area contributed by atoms with Crippen LogP contribution in [0, 0.1) is 5.92 Å². The summed E-state index contributed by atoms with van der Waals surface area (Å²) in [5, 5.41) is 2.47. The minimum absolute atomic E-state index is 0.415. The summed E-state index contributed by atoms with van der Waals surface area (Å²) in [5.74, 6) is 0.595. The van der Waals surface area contributed by atoms with Gasteiger partial charge < -0.3 is 10.1 Å². The molecule has 0 amide bonds. The number of cyclic esters (lactones) is 1. The number of halogens is 1. The van der Waals surface area contributed by atoms with E-state index >= 15 is 0 Å². The van der Waals surface area contributed by atoms with Crippen molar-refractivity contribution in [2.24, 2.45) is 5.92 Å². The topological polar surface area (TPSA) is 38.3 Å². The van der Waals surface area contributed by atoms with Gasteiger partial charge in [-0.1, -0.05) is 44.2 Å². The first kappa shape index (κ1) is 13.0. The van der Waals surface area contributed by atoms with Crippen molar-refractivity contribution in [3.05, 3.63) is 41.6 Å². The Bertz CT molecular complexity index is 468. The van der Waals surface area contributed by atoms with Gasteiger partial charge in [-0.25, -0.2) is 4.79 Å². The third-order valence-electron chi connectivity index (χ3n) is 2.64. The first-order chi connectivity index (χ1) is 8.59. The summed E-state index contributed by atoms with van der Waals surface area (Å²) < 4.78 is 5.25. The first-order valence-electron chi connectivity index (χ1n) is 5.99. The second-order valence-corrected chi connectivity index (χ2v) is 5.10. The summed E-state index contributed by atoms with van der Waals surface area (Å²) in [7, 11) is 0. The zero-order valence-corrected chi connectivity index (χ0v) is 11.2. The minimum Gasteiger partial charge on any atom is -0.423 e. The van der Waals surface area contributed by atoms with Gasteiger partial charge in [-0.2, -0.15) is 0 Å². The molecule has 1 aromatic carbocycles. The Morgan fingerprint density at radius 2 is 2.00 bits per heavy atom. The Kier molecular flexibility index (Phi) is 3.92. The molecule has 1 N–H and O–H groups in total. The fraction of sp³-hybridized carbons (Fsp3) is 0.357. The highest BCUT2D eigenvalue weighted by molar-refractivity contribution is 6.34. The predicted octanol–water partition coefficient (Wildman–Crippen LogP) is 2.77. The molecule has 1 aliphatic heterocycles. The van der Waals surface area contributed by atoms with Gasteiger partial charge in [0.2, 0.25) is 0 Å². The molecular formula is C14H16ClNO2. The molecule has 1 heterocycles. The van der Waals surface area contributed by atoms with E-state index in [-0.39, 0.29) is 0 Å². The SMILES string of the molecule is CC(C)CNC1=C(c2ccccc2)OC(=O)C1Cl. The number of hydrogen-bond donors (Lipinski definition) is 1. The van der Waals surface area contributed by atoms with E-state index in [0.717, 1.165) is 12.1 Å². The fourth-order valence-electron chi connectivity index (χ4n) is 1.73. The molecule has 0 aromatic heterocycles. The summed E-state index contributed by atoms with van der Waals surface area (Å²) in [6.45, 7) is 4.94. The molecule has 0 saturated carbocycles. The number of rotatable bonds is 4. The van der Waals surface area contributed by atoms with Crippen molar-refractivity contribution in [3.8, 4) is 0 Å². The van der Waals surface area contributed by atoms with Gasteiger partial charge in [-0.3, -0.25) is 0 Å². The quantitative estimate of drug-likeness (QED) is 0.672. The average Bonchev–Trinajstić information content (AvgIpc) is 2.64. The van der Waals surface area contributed by atoms with Crippen LogP contribution in [0.5, 0.6) is 0 Å². The van der Waals surface area contributed by atoms with E-state index < -0.39 is 11.3 Å². The number of alkyl halides is 1. The first-order valence-corrected chi connectivity index (χ1v) is 6.42. The van der Waals surface area contributed by atoms with Crippen LogP contribution in [-0.2, 0) is 9.53 Å². The lowest BCUT2D eigenvalue weighted by molar-refractivity contribution is -0.134. The van der Waals surface area contributed by atoms with E-state index in [4.69, 9.17) is 16.3 Å². The molecule has 96 valence electrons. The molecule has 0 bridgehead atoms. The maximum atomic E-state index is 11.6. The maximum absolute atomic E-state index is 11.6. The number of esters is 1.